The fourth-order valence-electron chi connectivity index (χ4n) is 5.70. The molecule has 0 N–H and O–H groups in total. The zero-order chi connectivity index (χ0) is 32.0. The van der Waals surface area contributed by atoms with Crippen LogP contribution in [0.15, 0.2) is 158 Å². The molecule has 0 aliphatic rings. The van der Waals surface area contributed by atoms with Crippen molar-refractivity contribution in [3.8, 4) is 16.9 Å². The molecule has 0 fully saturated rings. The molecule has 0 saturated carbocycles. The molecule has 0 aliphatic carbocycles. The number of carbonyl (C=O) groups is 1. The van der Waals surface area contributed by atoms with Gasteiger partial charge in [-0.3, -0.25) is 0 Å². The van der Waals surface area contributed by atoms with Crippen molar-refractivity contribution < 1.29 is 9.53 Å². The van der Waals surface area contributed by atoms with E-state index in [-0.39, 0.29) is 0 Å². The van der Waals surface area contributed by atoms with Gasteiger partial charge in [0.25, 0.3) is 0 Å². The summed E-state index contributed by atoms with van der Waals surface area (Å²) in [7, 11) is 0. The lowest BCUT2D eigenvalue weighted by molar-refractivity contribution is -0.128. The second-order valence-corrected chi connectivity index (χ2v) is 11.3. The smallest absolute Gasteiger partial charge is 0.335 e. The maximum atomic E-state index is 11.7. The average molecular weight is 601 g/mol. The number of ether oxygens (including phenoxy) is 1. The predicted molar refractivity (Wildman–Crippen MR) is 191 cm³/mol. The van der Waals surface area contributed by atoms with Gasteiger partial charge in [-0.2, -0.15) is 0 Å². The molecule has 0 bridgehead atoms. The van der Waals surface area contributed by atoms with Crippen LogP contribution in [0.1, 0.15) is 16.7 Å². The van der Waals surface area contributed by atoms with Crippen LogP contribution < -0.4 is 14.5 Å². The van der Waals surface area contributed by atoms with Gasteiger partial charge in [-0.15, -0.1) is 0 Å². The number of para-hydroxylation sites is 2. The van der Waals surface area contributed by atoms with E-state index in [1.807, 2.05) is 36.4 Å². The fourth-order valence-corrected chi connectivity index (χ4v) is 5.70. The van der Waals surface area contributed by atoms with Crippen molar-refractivity contribution in [1.29, 1.82) is 0 Å². The standard InChI is InChI=1S/C42H36N2O2/c1-5-42(45)46-39-24-22-38(23-25-39)44(36-14-10-7-11-15-36)41-27-19-34(29-32(41)4)33-18-26-40(31(3)28-33)43(35-12-8-6-9-13-35)37-20-16-30(2)17-21-37/h5-29H,1H2,2-4H3. The van der Waals surface area contributed by atoms with E-state index in [0.717, 1.165) is 56.9 Å². The van der Waals surface area contributed by atoms with Crippen LogP contribution in [-0.4, -0.2) is 5.97 Å². The highest BCUT2D eigenvalue weighted by Crippen LogP contribution is 2.41. The van der Waals surface area contributed by atoms with E-state index in [2.05, 4.69) is 134 Å². The zero-order valence-electron chi connectivity index (χ0n) is 26.4. The average Bonchev–Trinajstić information content (AvgIpc) is 3.09. The van der Waals surface area contributed by atoms with Crippen LogP contribution in [-0.2, 0) is 4.79 Å². The summed E-state index contributed by atoms with van der Waals surface area (Å²) in [4.78, 5) is 16.2. The molecule has 0 amide bonds. The van der Waals surface area contributed by atoms with E-state index in [1.54, 1.807) is 12.1 Å². The molecule has 6 aromatic carbocycles. The van der Waals surface area contributed by atoms with Crippen LogP contribution in [0.4, 0.5) is 34.1 Å². The topological polar surface area (TPSA) is 32.8 Å². The second-order valence-electron chi connectivity index (χ2n) is 11.3. The van der Waals surface area contributed by atoms with E-state index in [0.29, 0.717) is 5.75 Å². The number of hydrogen-bond donors (Lipinski definition) is 0. The zero-order valence-corrected chi connectivity index (χ0v) is 26.4. The Hall–Kier alpha value is -5.87. The molecular weight excluding hydrogens is 564 g/mol. The Morgan fingerprint density at radius 2 is 0.957 bits per heavy atom. The second kappa shape index (κ2) is 13.4. The van der Waals surface area contributed by atoms with Gasteiger partial charge >= 0.3 is 5.97 Å². The highest BCUT2D eigenvalue weighted by atomic mass is 16.5. The van der Waals surface area contributed by atoms with Gasteiger partial charge in [0.15, 0.2) is 0 Å². The van der Waals surface area contributed by atoms with Crippen molar-refractivity contribution in [3.05, 3.63) is 175 Å². The minimum absolute atomic E-state index is 0.473. The van der Waals surface area contributed by atoms with Crippen molar-refractivity contribution in [2.75, 3.05) is 9.80 Å². The Balaban J connectivity index is 1.35. The van der Waals surface area contributed by atoms with E-state index in [1.165, 1.54) is 11.1 Å². The molecule has 0 aromatic heterocycles. The molecule has 0 radical (unpaired) electrons. The first-order valence-electron chi connectivity index (χ1n) is 15.3. The molecular formula is C42H36N2O2. The Kier molecular flexibility index (Phi) is 8.80. The van der Waals surface area contributed by atoms with Crippen LogP contribution in [0.25, 0.3) is 11.1 Å². The predicted octanol–water partition coefficient (Wildman–Crippen LogP) is 11.3. The molecule has 6 aromatic rings. The monoisotopic (exact) mass is 600 g/mol. The summed E-state index contributed by atoms with van der Waals surface area (Å²) < 4.78 is 5.31. The summed E-state index contributed by atoms with van der Waals surface area (Å²) in [5.41, 5.74) is 12.3. The van der Waals surface area contributed by atoms with E-state index < -0.39 is 5.97 Å². The van der Waals surface area contributed by atoms with Gasteiger partial charge in [0.1, 0.15) is 5.75 Å². The largest absolute Gasteiger partial charge is 0.423 e. The number of nitrogens with zero attached hydrogens (tertiary/aromatic N) is 2. The first-order valence-corrected chi connectivity index (χ1v) is 15.3. The number of aryl methyl sites for hydroxylation is 3. The highest BCUT2D eigenvalue weighted by molar-refractivity contribution is 5.85. The van der Waals surface area contributed by atoms with Gasteiger partial charge in [0, 0.05) is 40.2 Å². The van der Waals surface area contributed by atoms with Gasteiger partial charge in [0.2, 0.25) is 0 Å². The van der Waals surface area contributed by atoms with Crippen molar-refractivity contribution in [3.63, 3.8) is 0 Å². The van der Waals surface area contributed by atoms with Gasteiger partial charge in [0.05, 0.1) is 0 Å². The maximum absolute atomic E-state index is 11.7. The molecule has 0 unspecified atom stereocenters. The van der Waals surface area contributed by atoms with Crippen LogP contribution in [0.5, 0.6) is 5.75 Å². The quantitative estimate of drug-likeness (QED) is 0.0939. The molecule has 46 heavy (non-hydrogen) atoms. The Labute approximate surface area is 271 Å². The lowest BCUT2D eigenvalue weighted by Gasteiger charge is -2.28. The number of benzene rings is 6. The Morgan fingerprint density at radius 3 is 1.37 bits per heavy atom. The molecule has 0 aliphatic heterocycles. The van der Waals surface area contributed by atoms with Gasteiger partial charge in [-0.1, -0.05) is 72.8 Å². The van der Waals surface area contributed by atoms with E-state index in [4.69, 9.17) is 4.74 Å². The first-order chi connectivity index (χ1) is 22.4. The molecule has 0 atom stereocenters. The highest BCUT2D eigenvalue weighted by Gasteiger charge is 2.18. The number of anilines is 6. The normalized spacial score (nSPS) is 10.7. The van der Waals surface area contributed by atoms with Gasteiger partial charge in [-0.25, -0.2) is 4.79 Å². The summed E-state index contributed by atoms with van der Waals surface area (Å²) in [5.74, 6) is -0.00829. The fraction of sp³-hybridized carbons (Fsp3) is 0.0714. The third kappa shape index (κ3) is 6.47. The minimum atomic E-state index is -0.481. The number of hydrogen-bond acceptors (Lipinski definition) is 4. The number of carbonyl (C=O) groups excluding carboxylic acids is 1. The number of esters is 1. The van der Waals surface area contributed by atoms with Crippen LogP contribution in [0.3, 0.4) is 0 Å². The molecule has 4 nitrogen and oxygen atoms in total. The lowest BCUT2D eigenvalue weighted by Crippen LogP contribution is -2.12. The Morgan fingerprint density at radius 1 is 0.543 bits per heavy atom. The first kappa shape index (κ1) is 30.2. The summed E-state index contributed by atoms with van der Waals surface area (Å²) in [6, 6.07) is 50.3. The van der Waals surface area contributed by atoms with Gasteiger partial charge in [-0.05, 0) is 128 Å². The van der Waals surface area contributed by atoms with Crippen LogP contribution in [0.2, 0.25) is 0 Å². The van der Waals surface area contributed by atoms with E-state index in [9.17, 15) is 4.79 Å². The van der Waals surface area contributed by atoms with Crippen LogP contribution in [0, 0.1) is 20.8 Å². The molecule has 226 valence electrons. The van der Waals surface area contributed by atoms with Crippen molar-refractivity contribution in [2.45, 2.75) is 20.8 Å². The van der Waals surface area contributed by atoms with Crippen molar-refractivity contribution in [2.24, 2.45) is 0 Å². The molecule has 6 rings (SSSR count). The molecule has 0 saturated heterocycles. The van der Waals surface area contributed by atoms with Crippen molar-refractivity contribution >= 4 is 40.1 Å². The summed E-state index contributed by atoms with van der Waals surface area (Å²) in [6.45, 7) is 9.91. The van der Waals surface area contributed by atoms with Crippen LogP contribution >= 0.6 is 0 Å². The van der Waals surface area contributed by atoms with Gasteiger partial charge < -0.3 is 14.5 Å². The summed E-state index contributed by atoms with van der Waals surface area (Å²) in [5, 5.41) is 0. The van der Waals surface area contributed by atoms with E-state index >= 15 is 0 Å². The molecule has 0 spiro atoms. The summed E-state index contributed by atoms with van der Waals surface area (Å²) in [6.07, 6.45) is 1.16. The molecule has 0 heterocycles. The SMILES string of the molecule is C=CC(=O)Oc1ccc(N(c2ccccc2)c2ccc(-c3ccc(N(c4ccccc4)c4ccc(C)cc4)c(C)c3)cc2C)cc1. The third-order valence-corrected chi connectivity index (χ3v) is 8.01. The lowest BCUT2D eigenvalue weighted by atomic mass is 9.98. The minimum Gasteiger partial charge on any atom is -0.423 e. The Bertz CT molecular complexity index is 1970. The van der Waals surface area contributed by atoms with Crippen molar-refractivity contribution in [1.82, 2.24) is 0 Å². The maximum Gasteiger partial charge on any atom is 0.335 e. The summed E-state index contributed by atoms with van der Waals surface area (Å²) >= 11 is 0. The molecule has 4 heteroatoms. The number of rotatable bonds is 9. The third-order valence-electron chi connectivity index (χ3n) is 8.01.